The molecule has 0 spiro atoms. The van der Waals surface area contributed by atoms with E-state index in [2.05, 4.69) is 10.2 Å². The van der Waals surface area contributed by atoms with Crippen LogP contribution in [0.5, 0.6) is 0 Å². The molecule has 0 unspecified atom stereocenters. The molecule has 6 heteroatoms. The third-order valence-electron chi connectivity index (χ3n) is 3.14. The highest BCUT2D eigenvalue weighted by Gasteiger charge is 2.12. The van der Waals surface area contributed by atoms with Crippen molar-refractivity contribution in [3.05, 3.63) is 53.3 Å². The van der Waals surface area contributed by atoms with Crippen molar-refractivity contribution in [2.24, 2.45) is 7.05 Å². The number of nitrogens with two attached hydrogens (primary N) is 1. The molecule has 0 aliphatic carbocycles. The molecular formula is C14H14ClN5. The normalized spacial score (nSPS) is 10.9. The molecule has 0 saturated carbocycles. The van der Waals surface area contributed by atoms with E-state index in [4.69, 9.17) is 17.3 Å². The minimum atomic E-state index is 0.585. The molecule has 3 rings (SSSR count). The van der Waals surface area contributed by atoms with E-state index in [1.807, 2.05) is 43.6 Å². The number of nitrogens with zero attached hydrogens (tertiary/aromatic N) is 4. The van der Waals surface area contributed by atoms with Crippen molar-refractivity contribution in [3.8, 4) is 11.4 Å². The molecular weight excluding hydrogens is 274 g/mol. The summed E-state index contributed by atoms with van der Waals surface area (Å²) in [4.78, 5) is 0. The number of aryl methyl sites for hydroxylation is 1. The zero-order chi connectivity index (χ0) is 14.1. The molecule has 0 radical (unpaired) electrons. The van der Waals surface area contributed by atoms with Gasteiger partial charge < -0.3 is 5.73 Å². The zero-order valence-electron chi connectivity index (χ0n) is 11.0. The lowest BCUT2D eigenvalue weighted by atomic mass is 10.2. The molecule has 3 aromatic rings. The second-order valence-corrected chi connectivity index (χ2v) is 4.97. The average Bonchev–Trinajstić information content (AvgIpc) is 2.98. The molecule has 20 heavy (non-hydrogen) atoms. The summed E-state index contributed by atoms with van der Waals surface area (Å²) in [5.74, 6) is 0. The minimum Gasteiger partial charge on any atom is -0.396 e. The lowest BCUT2D eigenvalue weighted by molar-refractivity contribution is 0.685. The Kier molecular flexibility index (Phi) is 3.20. The Morgan fingerprint density at radius 3 is 2.75 bits per heavy atom. The summed E-state index contributed by atoms with van der Waals surface area (Å²) in [7, 11) is 1.86. The third kappa shape index (κ3) is 2.28. The molecule has 102 valence electrons. The van der Waals surface area contributed by atoms with Gasteiger partial charge in [-0.3, -0.25) is 9.36 Å². The van der Waals surface area contributed by atoms with Gasteiger partial charge in [0, 0.05) is 24.5 Å². The van der Waals surface area contributed by atoms with Gasteiger partial charge >= 0.3 is 0 Å². The van der Waals surface area contributed by atoms with Gasteiger partial charge in [-0.15, -0.1) is 0 Å². The maximum atomic E-state index is 6.16. The van der Waals surface area contributed by atoms with Crippen LogP contribution in [-0.2, 0) is 13.6 Å². The summed E-state index contributed by atoms with van der Waals surface area (Å²) < 4.78 is 3.54. The van der Waals surface area contributed by atoms with E-state index in [0.29, 0.717) is 12.2 Å². The Bertz CT molecular complexity index is 744. The fraction of sp³-hybridized carbons (Fsp3) is 0.143. The molecule has 2 aromatic heterocycles. The lowest BCUT2D eigenvalue weighted by Crippen LogP contribution is -2.01. The summed E-state index contributed by atoms with van der Waals surface area (Å²) >= 11 is 6.16. The molecule has 0 amide bonds. The first kappa shape index (κ1) is 12.7. The molecule has 5 nitrogen and oxygen atoms in total. The van der Waals surface area contributed by atoms with E-state index in [-0.39, 0.29) is 0 Å². The lowest BCUT2D eigenvalue weighted by Gasteiger charge is -2.04. The van der Waals surface area contributed by atoms with Gasteiger partial charge in [0.05, 0.1) is 17.9 Å². The van der Waals surface area contributed by atoms with E-state index >= 15 is 0 Å². The largest absolute Gasteiger partial charge is 0.396 e. The van der Waals surface area contributed by atoms with Crippen molar-refractivity contribution in [1.29, 1.82) is 0 Å². The fourth-order valence-corrected chi connectivity index (χ4v) is 2.32. The number of nitrogen functional groups attached to an aromatic ring is 1. The van der Waals surface area contributed by atoms with Crippen LogP contribution < -0.4 is 5.73 Å². The molecule has 0 atom stereocenters. The summed E-state index contributed by atoms with van der Waals surface area (Å²) in [6, 6.07) is 9.59. The number of anilines is 1. The summed E-state index contributed by atoms with van der Waals surface area (Å²) in [6.07, 6.45) is 3.54. The van der Waals surface area contributed by atoms with E-state index in [9.17, 15) is 0 Å². The number of benzene rings is 1. The van der Waals surface area contributed by atoms with E-state index < -0.39 is 0 Å². The fourth-order valence-electron chi connectivity index (χ4n) is 2.12. The van der Waals surface area contributed by atoms with Crippen LogP contribution in [0.15, 0.2) is 42.7 Å². The topological polar surface area (TPSA) is 61.7 Å². The predicted molar refractivity (Wildman–Crippen MR) is 79.4 cm³/mol. The van der Waals surface area contributed by atoms with Crippen molar-refractivity contribution in [2.45, 2.75) is 6.54 Å². The maximum Gasteiger partial charge on any atom is 0.133 e. The van der Waals surface area contributed by atoms with Crippen molar-refractivity contribution in [2.75, 3.05) is 5.73 Å². The van der Waals surface area contributed by atoms with Crippen molar-refractivity contribution in [3.63, 3.8) is 0 Å². The van der Waals surface area contributed by atoms with Gasteiger partial charge in [0.1, 0.15) is 5.69 Å². The highest BCUT2D eigenvalue weighted by Crippen LogP contribution is 2.24. The quantitative estimate of drug-likeness (QED) is 0.805. The first-order chi connectivity index (χ1) is 9.65. The van der Waals surface area contributed by atoms with Crippen LogP contribution in [0.1, 0.15) is 5.56 Å². The number of hydrogen-bond acceptors (Lipinski definition) is 3. The highest BCUT2D eigenvalue weighted by atomic mass is 35.5. The monoisotopic (exact) mass is 287 g/mol. The van der Waals surface area contributed by atoms with E-state index in [0.717, 1.165) is 22.0 Å². The molecule has 2 heterocycles. The minimum absolute atomic E-state index is 0.585. The Morgan fingerprint density at radius 1 is 1.25 bits per heavy atom. The second-order valence-electron chi connectivity index (χ2n) is 4.56. The van der Waals surface area contributed by atoms with Crippen LogP contribution in [0.25, 0.3) is 11.4 Å². The standard InChI is InChI=1S/C14H14ClN5/c1-19-13(6-7-17-19)14-12(16)9-20(18-14)8-10-4-2-3-5-11(10)15/h2-7,9H,8,16H2,1H3. The zero-order valence-corrected chi connectivity index (χ0v) is 11.7. The molecule has 0 bridgehead atoms. The van der Waals surface area contributed by atoms with Gasteiger partial charge in [-0.05, 0) is 17.7 Å². The predicted octanol–water partition coefficient (Wildman–Crippen LogP) is 2.57. The molecule has 0 aliphatic rings. The summed E-state index contributed by atoms with van der Waals surface area (Å²) in [6.45, 7) is 0.585. The van der Waals surface area contributed by atoms with Crippen LogP contribution in [0, 0.1) is 0 Å². The smallest absolute Gasteiger partial charge is 0.133 e. The SMILES string of the molecule is Cn1nccc1-c1nn(Cc2ccccc2Cl)cc1N. The molecule has 1 aromatic carbocycles. The van der Waals surface area contributed by atoms with Gasteiger partial charge in [-0.25, -0.2) is 0 Å². The average molecular weight is 288 g/mol. The second kappa shape index (κ2) is 5.02. The van der Waals surface area contributed by atoms with Crippen LogP contribution in [0.4, 0.5) is 5.69 Å². The van der Waals surface area contributed by atoms with Crippen LogP contribution in [-0.4, -0.2) is 19.6 Å². The number of hydrogen-bond donors (Lipinski definition) is 1. The Morgan fingerprint density at radius 2 is 2.05 bits per heavy atom. The van der Waals surface area contributed by atoms with Crippen LogP contribution >= 0.6 is 11.6 Å². The third-order valence-corrected chi connectivity index (χ3v) is 3.51. The molecule has 0 saturated heterocycles. The van der Waals surface area contributed by atoms with E-state index in [1.165, 1.54) is 0 Å². The van der Waals surface area contributed by atoms with Gasteiger partial charge in [-0.1, -0.05) is 29.8 Å². The Hall–Kier alpha value is -2.27. The Labute approximate surface area is 121 Å². The summed E-state index contributed by atoms with van der Waals surface area (Å²) in [5, 5.41) is 9.38. The van der Waals surface area contributed by atoms with Gasteiger partial charge in [0.15, 0.2) is 0 Å². The van der Waals surface area contributed by atoms with Gasteiger partial charge in [0.2, 0.25) is 0 Å². The van der Waals surface area contributed by atoms with E-state index in [1.54, 1.807) is 15.6 Å². The molecule has 0 aliphatic heterocycles. The van der Waals surface area contributed by atoms with Crippen LogP contribution in [0.2, 0.25) is 5.02 Å². The number of aromatic nitrogens is 4. The number of halogens is 1. The van der Waals surface area contributed by atoms with Crippen molar-refractivity contribution < 1.29 is 0 Å². The number of rotatable bonds is 3. The van der Waals surface area contributed by atoms with Crippen molar-refractivity contribution in [1.82, 2.24) is 19.6 Å². The highest BCUT2D eigenvalue weighted by molar-refractivity contribution is 6.31. The first-order valence-corrected chi connectivity index (χ1v) is 6.57. The first-order valence-electron chi connectivity index (χ1n) is 6.20. The van der Waals surface area contributed by atoms with Gasteiger partial charge in [-0.2, -0.15) is 10.2 Å². The molecule has 0 fully saturated rings. The van der Waals surface area contributed by atoms with Crippen molar-refractivity contribution >= 4 is 17.3 Å². The van der Waals surface area contributed by atoms with Gasteiger partial charge in [0.25, 0.3) is 0 Å². The summed E-state index contributed by atoms with van der Waals surface area (Å²) in [5.41, 5.74) is 9.29. The Balaban J connectivity index is 1.94. The molecule has 2 N–H and O–H groups in total. The van der Waals surface area contributed by atoms with Crippen LogP contribution in [0.3, 0.4) is 0 Å². The maximum absolute atomic E-state index is 6.16.